The first kappa shape index (κ1) is 21.3. The summed E-state index contributed by atoms with van der Waals surface area (Å²) in [6, 6.07) is 3.72. The summed E-state index contributed by atoms with van der Waals surface area (Å²) < 4.78 is 34.0. The van der Waals surface area contributed by atoms with Gasteiger partial charge in [-0.1, -0.05) is 0 Å². The molecule has 0 aliphatic carbocycles. The van der Waals surface area contributed by atoms with Gasteiger partial charge in [-0.3, -0.25) is 14.9 Å². The second-order valence-corrected chi connectivity index (χ2v) is 6.51. The van der Waals surface area contributed by atoms with Crippen LogP contribution in [0.1, 0.15) is 29.6 Å². The van der Waals surface area contributed by atoms with Crippen LogP contribution in [0.25, 0.3) is 0 Å². The molecule has 0 unspecified atom stereocenters. The van der Waals surface area contributed by atoms with E-state index in [-0.39, 0.29) is 29.6 Å². The lowest BCUT2D eigenvalue weighted by molar-refractivity contribution is -0.115. The molecule has 1 aromatic heterocycles. The predicted octanol–water partition coefficient (Wildman–Crippen LogP) is 1.77. The number of carbonyl (C=O) groups excluding carboxylic acids is 2. The molecular weight excluding hydrogens is 402 g/mol. The smallest absolute Gasteiger partial charge is 0.387 e. The van der Waals surface area contributed by atoms with Gasteiger partial charge in [-0.05, 0) is 37.5 Å². The van der Waals surface area contributed by atoms with E-state index in [4.69, 9.17) is 4.74 Å². The zero-order chi connectivity index (χ0) is 21.5. The number of benzene rings is 1. The van der Waals surface area contributed by atoms with Crippen LogP contribution in [-0.4, -0.2) is 60.4 Å². The molecule has 0 bridgehead atoms. The van der Waals surface area contributed by atoms with Gasteiger partial charge in [-0.15, -0.1) is 5.10 Å². The lowest BCUT2D eigenvalue weighted by Crippen LogP contribution is -2.33. The average molecular weight is 424 g/mol. The lowest BCUT2D eigenvalue weighted by Gasteiger charge is -2.24. The van der Waals surface area contributed by atoms with Crippen LogP contribution in [0.3, 0.4) is 0 Å². The zero-order valence-electron chi connectivity index (χ0n) is 16.3. The van der Waals surface area contributed by atoms with E-state index in [1.54, 1.807) is 0 Å². The largest absolute Gasteiger partial charge is 0.493 e. The van der Waals surface area contributed by atoms with Crippen LogP contribution in [-0.2, 0) is 4.79 Å². The Labute approximate surface area is 170 Å². The molecule has 162 valence electrons. The Hall–Kier alpha value is -3.44. The molecule has 12 heteroatoms. The van der Waals surface area contributed by atoms with E-state index >= 15 is 0 Å². The van der Waals surface area contributed by atoms with Crippen LogP contribution in [0.15, 0.2) is 18.2 Å². The maximum absolute atomic E-state index is 12.4. The number of nitrogens with zero attached hydrogens (tertiary/aromatic N) is 3. The molecule has 1 fully saturated rings. The molecule has 2 amide bonds. The summed E-state index contributed by atoms with van der Waals surface area (Å²) in [7, 11) is 1.26. The number of anilines is 2. The van der Waals surface area contributed by atoms with Crippen molar-refractivity contribution in [2.75, 3.05) is 37.0 Å². The Bertz CT molecular complexity index is 885. The van der Waals surface area contributed by atoms with Crippen molar-refractivity contribution in [1.82, 2.24) is 20.5 Å². The second kappa shape index (κ2) is 9.85. The Balaban J connectivity index is 1.52. The first-order valence-electron chi connectivity index (χ1n) is 9.34. The summed E-state index contributed by atoms with van der Waals surface area (Å²) in [5.74, 6) is -0.610. The standard InChI is InChI=1S/C18H22F2N6O4/c1-29-13-9-11(5-6-12(13)30-16(19)20)15(28)21-10-14(27)22-17-23-18(25-24-17)26-7-3-2-4-8-26/h5-6,9,16H,2-4,7-8,10H2,1H3,(H,21,28)(H2,22,23,24,25,27). The van der Waals surface area contributed by atoms with Crippen LogP contribution in [0.4, 0.5) is 20.7 Å². The normalized spacial score (nSPS) is 13.8. The van der Waals surface area contributed by atoms with Crippen LogP contribution >= 0.6 is 0 Å². The number of ether oxygens (including phenoxy) is 2. The molecule has 1 aliphatic rings. The summed E-state index contributed by atoms with van der Waals surface area (Å²) in [6.07, 6.45) is 3.32. The molecule has 3 rings (SSSR count). The van der Waals surface area contributed by atoms with E-state index in [0.29, 0.717) is 5.95 Å². The zero-order valence-corrected chi connectivity index (χ0v) is 16.3. The Morgan fingerprint density at radius 1 is 1.23 bits per heavy atom. The highest BCUT2D eigenvalue weighted by atomic mass is 19.3. The third kappa shape index (κ3) is 5.55. The fourth-order valence-corrected chi connectivity index (χ4v) is 2.99. The molecule has 1 saturated heterocycles. The van der Waals surface area contributed by atoms with E-state index in [9.17, 15) is 18.4 Å². The van der Waals surface area contributed by atoms with Crippen LogP contribution < -0.4 is 25.0 Å². The van der Waals surface area contributed by atoms with Gasteiger partial charge in [-0.25, -0.2) is 5.10 Å². The van der Waals surface area contributed by atoms with Gasteiger partial charge < -0.3 is 19.7 Å². The summed E-state index contributed by atoms with van der Waals surface area (Å²) in [5, 5.41) is 11.7. The van der Waals surface area contributed by atoms with Crippen LogP contribution in [0.2, 0.25) is 0 Å². The SMILES string of the molecule is COc1cc(C(=O)NCC(=O)Nc2nc(N3CCCCC3)n[nH]2)ccc1OC(F)F. The van der Waals surface area contributed by atoms with Crippen LogP contribution in [0, 0.1) is 0 Å². The number of carbonyl (C=O) groups is 2. The molecule has 0 saturated carbocycles. The topological polar surface area (TPSA) is 121 Å². The predicted molar refractivity (Wildman–Crippen MR) is 103 cm³/mol. The third-order valence-electron chi connectivity index (χ3n) is 4.42. The number of methoxy groups -OCH3 is 1. The summed E-state index contributed by atoms with van der Waals surface area (Å²) in [6.45, 7) is -1.61. The number of H-pyrrole nitrogens is 1. The third-order valence-corrected chi connectivity index (χ3v) is 4.42. The number of hydrogen-bond acceptors (Lipinski definition) is 7. The van der Waals surface area contributed by atoms with E-state index in [1.165, 1.54) is 31.7 Å². The fraction of sp³-hybridized carbons (Fsp3) is 0.444. The van der Waals surface area contributed by atoms with Crippen molar-refractivity contribution in [3.8, 4) is 11.5 Å². The summed E-state index contributed by atoms with van der Waals surface area (Å²) in [5.41, 5.74) is 0.119. The highest BCUT2D eigenvalue weighted by Crippen LogP contribution is 2.29. The summed E-state index contributed by atoms with van der Waals surface area (Å²) >= 11 is 0. The molecule has 0 atom stereocenters. The van der Waals surface area contributed by atoms with Crippen molar-refractivity contribution < 1.29 is 27.8 Å². The molecule has 2 aromatic rings. The Kier molecular flexibility index (Phi) is 6.99. The number of hydrogen-bond donors (Lipinski definition) is 3. The maximum Gasteiger partial charge on any atom is 0.387 e. The van der Waals surface area contributed by atoms with E-state index in [2.05, 4.69) is 30.6 Å². The van der Waals surface area contributed by atoms with Crippen molar-refractivity contribution >= 4 is 23.7 Å². The van der Waals surface area contributed by atoms with Gasteiger partial charge in [0.05, 0.1) is 13.7 Å². The number of nitrogens with one attached hydrogen (secondary N) is 3. The maximum atomic E-state index is 12.4. The highest BCUT2D eigenvalue weighted by Gasteiger charge is 2.17. The van der Waals surface area contributed by atoms with Crippen molar-refractivity contribution in [3.05, 3.63) is 23.8 Å². The van der Waals surface area contributed by atoms with E-state index < -0.39 is 18.4 Å². The van der Waals surface area contributed by atoms with Gasteiger partial charge in [0.25, 0.3) is 5.91 Å². The Morgan fingerprint density at radius 2 is 2.00 bits per heavy atom. The molecule has 2 heterocycles. The quantitative estimate of drug-likeness (QED) is 0.590. The first-order chi connectivity index (χ1) is 14.5. The number of aromatic amines is 1. The number of piperidine rings is 1. The molecule has 10 nitrogen and oxygen atoms in total. The van der Waals surface area contributed by atoms with E-state index in [1.807, 2.05) is 4.90 Å². The number of aromatic nitrogens is 3. The van der Waals surface area contributed by atoms with Gasteiger partial charge in [0.2, 0.25) is 17.8 Å². The van der Waals surface area contributed by atoms with Crippen molar-refractivity contribution in [1.29, 1.82) is 0 Å². The number of rotatable bonds is 8. The molecule has 1 aliphatic heterocycles. The van der Waals surface area contributed by atoms with Crippen molar-refractivity contribution in [3.63, 3.8) is 0 Å². The van der Waals surface area contributed by atoms with Crippen LogP contribution in [0.5, 0.6) is 11.5 Å². The molecule has 3 N–H and O–H groups in total. The minimum Gasteiger partial charge on any atom is -0.493 e. The highest BCUT2D eigenvalue weighted by molar-refractivity contribution is 5.99. The molecule has 0 spiro atoms. The molecule has 1 aromatic carbocycles. The number of alkyl halides is 2. The summed E-state index contributed by atoms with van der Waals surface area (Å²) in [4.78, 5) is 30.6. The minimum atomic E-state index is -3.02. The van der Waals surface area contributed by atoms with Gasteiger partial charge in [-0.2, -0.15) is 13.8 Å². The lowest BCUT2D eigenvalue weighted by atomic mass is 10.1. The fourth-order valence-electron chi connectivity index (χ4n) is 2.99. The van der Waals surface area contributed by atoms with Crippen molar-refractivity contribution in [2.24, 2.45) is 0 Å². The van der Waals surface area contributed by atoms with Gasteiger partial charge in [0.15, 0.2) is 11.5 Å². The Morgan fingerprint density at radius 3 is 2.70 bits per heavy atom. The molecule has 30 heavy (non-hydrogen) atoms. The molecule has 0 radical (unpaired) electrons. The second-order valence-electron chi connectivity index (χ2n) is 6.51. The van der Waals surface area contributed by atoms with Gasteiger partial charge in [0, 0.05) is 18.7 Å². The number of halogens is 2. The average Bonchev–Trinajstić information content (AvgIpc) is 3.21. The van der Waals surface area contributed by atoms with E-state index in [0.717, 1.165) is 25.9 Å². The van der Waals surface area contributed by atoms with Gasteiger partial charge in [0.1, 0.15) is 0 Å². The first-order valence-corrected chi connectivity index (χ1v) is 9.34. The van der Waals surface area contributed by atoms with Crippen molar-refractivity contribution in [2.45, 2.75) is 25.9 Å². The monoisotopic (exact) mass is 424 g/mol. The number of amides is 2. The minimum absolute atomic E-state index is 0.0284. The van der Waals surface area contributed by atoms with Gasteiger partial charge >= 0.3 is 6.61 Å². The molecular formula is C18H22F2N6O4.